The van der Waals surface area contributed by atoms with Crippen molar-refractivity contribution in [2.45, 2.75) is 27.2 Å². The molecule has 1 aliphatic heterocycles. The third kappa shape index (κ3) is 1.89. The number of hydrogen-bond acceptors (Lipinski definition) is 3. The van der Waals surface area contributed by atoms with Crippen LogP contribution in [0.25, 0.3) is 0 Å². The van der Waals surface area contributed by atoms with E-state index in [0.29, 0.717) is 19.4 Å². The number of amides is 1. The minimum Gasteiger partial charge on any atom is -0.342 e. The van der Waals surface area contributed by atoms with Gasteiger partial charge >= 0.3 is 0 Å². The van der Waals surface area contributed by atoms with Gasteiger partial charge in [-0.05, 0) is 18.3 Å². The van der Waals surface area contributed by atoms with Crippen molar-refractivity contribution in [3.8, 4) is 0 Å². The highest BCUT2D eigenvalue weighted by Gasteiger charge is 2.47. The number of ketones is 1. The fourth-order valence-electron chi connectivity index (χ4n) is 3.27. The van der Waals surface area contributed by atoms with Crippen molar-refractivity contribution < 1.29 is 14.4 Å². The number of carbonyl (C=O) groups excluding carboxylic acids is 3. The molecule has 0 aromatic heterocycles. The Hall–Kier alpha value is -1.45. The lowest BCUT2D eigenvalue weighted by atomic mass is 9.61. The SMILES string of the molecule is CC(=O)N1CCC2C(C=C(C=O)C(=O)C2(C)C)C1. The van der Waals surface area contributed by atoms with Crippen molar-refractivity contribution in [3.63, 3.8) is 0 Å². The van der Waals surface area contributed by atoms with E-state index < -0.39 is 5.41 Å². The van der Waals surface area contributed by atoms with Gasteiger partial charge in [0.25, 0.3) is 0 Å². The Kier molecular flexibility index (Phi) is 3.13. The first-order valence-corrected chi connectivity index (χ1v) is 6.35. The second-order valence-corrected chi connectivity index (χ2v) is 5.81. The van der Waals surface area contributed by atoms with Crippen LogP contribution in [-0.4, -0.2) is 36.0 Å². The molecule has 0 saturated carbocycles. The normalized spacial score (nSPS) is 30.5. The Morgan fingerprint density at radius 1 is 1.50 bits per heavy atom. The predicted octanol–water partition coefficient (Wildman–Crippen LogP) is 1.21. The zero-order valence-electron chi connectivity index (χ0n) is 11.1. The van der Waals surface area contributed by atoms with Crippen molar-refractivity contribution >= 4 is 18.0 Å². The summed E-state index contributed by atoms with van der Waals surface area (Å²) < 4.78 is 0. The lowest BCUT2D eigenvalue weighted by Gasteiger charge is -2.46. The fraction of sp³-hybridized carbons (Fsp3) is 0.643. The average Bonchev–Trinajstić information content (AvgIpc) is 2.33. The van der Waals surface area contributed by atoms with Crippen LogP contribution in [0.3, 0.4) is 0 Å². The summed E-state index contributed by atoms with van der Waals surface area (Å²) in [5.74, 6) is 0.346. The van der Waals surface area contributed by atoms with Crippen LogP contribution in [-0.2, 0) is 14.4 Å². The number of hydrogen-bond donors (Lipinski definition) is 0. The van der Waals surface area contributed by atoms with E-state index in [2.05, 4.69) is 0 Å². The third-order valence-corrected chi connectivity index (χ3v) is 4.40. The lowest BCUT2D eigenvalue weighted by molar-refractivity contribution is -0.135. The molecular weight excluding hydrogens is 230 g/mol. The molecule has 0 spiro atoms. The molecule has 98 valence electrons. The highest BCUT2D eigenvalue weighted by atomic mass is 16.2. The quantitative estimate of drug-likeness (QED) is 0.518. The molecule has 0 aromatic carbocycles. The monoisotopic (exact) mass is 249 g/mol. The van der Waals surface area contributed by atoms with E-state index in [0.717, 1.165) is 6.42 Å². The maximum Gasteiger partial charge on any atom is 0.219 e. The Labute approximate surface area is 107 Å². The van der Waals surface area contributed by atoms with Crippen molar-refractivity contribution in [2.24, 2.45) is 17.3 Å². The molecule has 1 fully saturated rings. The summed E-state index contributed by atoms with van der Waals surface area (Å²) in [5.41, 5.74) is -0.231. The summed E-state index contributed by atoms with van der Waals surface area (Å²) in [5, 5.41) is 0. The van der Waals surface area contributed by atoms with Gasteiger partial charge in [0, 0.05) is 25.4 Å². The molecular formula is C14H19NO3. The number of nitrogens with zero attached hydrogens (tertiary/aromatic N) is 1. The minimum atomic E-state index is -0.501. The molecule has 2 rings (SSSR count). The number of piperidine rings is 1. The van der Waals surface area contributed by atoms with Crippen LogP contribution in [0, 0.1) is 17.3 Å². The van der Waals surface area contributed by atoms with Gasteiger partial charge in [-0.25, -0.2) is 0 Å². The molecule has 0 N–H and O–H groups in total. The Bertz CT molecular complexity index is 436. The maximum absolute atomic E-state index is 12.2. The van der Waals surface area contributed by atoms with E-state index in [4.69, 9.17) is 0 Å². The van der Waals surface area contributed by atoms with Gasteiger partial charge in [0.1, 0.15) is 0 Å². The summed E-state index contributed by atoms with van der Waals surface area (Å²) >= 11 is 0. The maximum atomic E-state index is 12.2. The van der Waals surface area contributed by atoms with Crippen molar-refractivity contribution in [3.05, 3.63) is 11.6 Å². The van der Waals surface area contributed by atoms with Gasteiger partial charge in [-0.15, -0.1) is 0 Å². The summed E-state index contributed by atoms with van der Waals surface area (Å²) in [6, 6.07) is 0. The Morgan fingerprint density at radius 3 is 2.72 bits per heavy atom. The van der Waals surface area contributed by atoms with E-state index in [1.165, 1.54) is 0 Å². The van der Waals surface area contributed by atoms with Crippen LogP contribution >= 0.6 is 0 Å². The molecule has 1 saturated heterocycles. The van der Waals surface area contributed by atoms with E-state index >= 15 is 0 Å². The zero-order chi connectivity index (χ0) is 13.5. The summed E-state index contributed by atoms with van der Waals surface area (Å²) in [4.78, 5) is 36.4. The number of aldehydes is 1. The molecule has 4 nitrogen and oxygen atoms in total. The van der Waals surface area contributed by atoms with Crippen molar-refractivity contribution in [2.75, 3.05) is 13.1 Å². The van der Waals surface area contributed by atoms with Gasteiger partial charge in [-0.3, -0.25) is 14.4 Å². The molecule has 2 aliphatic rings. The first-order valence-electron chi connectivity index (χ1n) is 6.35. The van der Waals surface area contributed by atoms with E-state index in [1.807, 2.05) is 13.8 Å². The van der Waals surface area contributed by atoms with Crippen LogP contribution in [0.2, 0.25) is 0 Å². The summed E-state index contributed by atoms with van der Waals surface area (Å²) in [6.07, 6.45) is 3.24. The summed E-state index contributed by atoms with van der Waals surface area (Å²) in [6.45, 7) is 6.70. The van der Waals surface area contributed by atoms with Gasteiger partial charge in [0.05, 0.1) is 5.57 Å². The van der Waals surface area contributed by atoms with Gasteiger partial charge in [0.15, 0.2) is 12.1 Å². The van der Waals surface area contributed by atoms with Gasteiger partial charge in [0.2, 0.25) is 5.91 Å². The third-order valence-electron chi connectivity index (χ3n) is 4.40. The van der Waals surface area contributed by atoms with Crippen LogP contribution in [0.15, 0.2) is 11.6 Å². The largest absolute Gasteiger partial charge is 0.342 e. The first-order chi connectivity index (χ1) is 8.37. The molecule has 0 aromatic rings. The summed E-state index contributed by atoms with van der Waals surface area (Å²) in [7, 11) is 0. The highest BCUT2D eigenvalue weighted by Crippen LogP contribution is 2.44. The van der Waals surface area contributed by atoms with E-state index in [1.54, 1.807) is 17.9 Å². The molecule has 0 bridgehead atoms. The Morgan fingerprint density at radius 2 is 2.17 bits per heavy atom. The van der Waals surface area contributed by atoms with Crippen molar-refractivity contribution in [1.29, 1.82) is 0 Å². The highest BCUT2D eigenvalue weighted by molar-refractivity contribution is 6.14. The number of Topliss-reactive ketones (excluding diaryl/α,β-unsaturated/α-hetero) is 1. The number of fused-ring (bicyclic) bond motifs is 1. The molecule has 0 radical (unpaired) electrons. The molecule has 1 amide bonds. The number of rotatable bonds is 1. The fourth-order valence-corrected chi connectivity index (χ4v) is 3.27. The molecule has 1 heterocycles. The van der Waals surface area contributed by atoms with Crippen LogP contribution < -0.4 is 0 Å². The molecule has 2 unspecified atom stereocenters. The predicted molar refractivity (Wildman–Crippen MR) is 66.8 cm³/mol. The molecule has 2 atom stereocenters. The smallest absolute Gasteiger partial charge is 0.219 e. The number of likely N-dealkylation sites (tertiary alicyclic amines) is 1. The number of carbonyl (C=O) groups is 3. The molecule has 4 heteroatoms. The average molecular weight is 249 g/mol. The topological polar surface area (TPSA) is 54.5 Å². The van der Waals surface area contributed by atoms with Crippen LogP contribution in [0.5, 0.6) is 0 Å². The van der Waals surface area contributed by atoms with Gasteiger partial charge in [-0.1, -0.05) is 19.9 Å². The van der Waals surface area contributed by atoms with E-state index in [9.17, 15) is 14.4 Å². The second kappa shape index (κ2) is 4.34. The van der Waals surface area contributed by atoms with Crippen LogP contribution in [0.4, 0.5) is 0 Å². The van der Waals surface area contributed by atoms with E-state index in [-0.39, 0.29) is 29.1 Å². The zero-order valence-corrected chi connectivity index (χ0v) is 11.1. The van der Waals surface area contributed by atoms with Crippen LogP contribution in [0.1, 0.15) is 27.2 Å². The molecule has 18 heavy (non-hydrogen) atoms. The molecule has 1 aliphatic carbocycles. The lowest BCUT2D eigenvalue weighted by Crippen LogP contribution is -2.51. The first kappa shape index (κ1) is 13.0. The standard InChI is InChI=1S/C14H19NO3/c1-9(17)15-5-4-12-10(7-15)6-11(8-16)13(18)14(12,2)3/h6,8,10,12H,4-5,7H2,1-3H3. The Balaban J connectivity index is 2.33. The van der Waals surface area contributed by atoms with Crippen molar-refractivity contribution in [1.82, 2.24) is 4.90 Å². The van der Waals surface area contributed by atoms with Gasteiger partial charge < -0.3 is 4.90 Å². The second-order valence-electron chi connectivity index (χ2n) is 5.81. The van der Waals surface area contributed by atoms with Gasteiger partial charge in [-0.2, -0.15) is 0 Å². The number of allylic oxidation sites excluding steroid dienone is 1. The minimum absolute atomic E-state index is 0.0595.